The molecule has 1 aromatic carbocycles. The molecule has 1 aliphatic heterocycles. The number of nitrogens with zero attached hydrogens (tertiary/aromatic N) is 1. The second-order valence-electron chi connectivity index (χ2n) is 5.02. The number of aliphatic hydroxyl groups excluding tert-OH is 1. The molecule has 0 aliphatic carbocycles. The lowest BCUT2D eigenvalue weighted by atomic mass is 10.0. The highest BCUT2D eigenvalue weighted by atomic mass is 19.4. The van der Waals surface area contributed by atoms with Crippen LogP contribution in [0.1, 0.15) is 11.1 Å². The van der Waals surface area contributed by atoms with Crippen LogP contribution < -0.4 is 5.32 Å². The highest BCUT2D eigenvalue weighted by Crippen LogP contribution is 2.31. The molecule has 0 saturated heterocycles. The smallest absolute Gasteiger partial charge is 0.475 e. The van der Waals surface area contributed by atoms with Gasteiger partial charge in [0.1, 0.15) is 0 Å². The first-order valence-corrected chi connectivity index (χ1v) is 7.05. The first-order valence-electron chi connectivity index (χ1n) is 7.05. The Kier molecular flexibility index (Phi) is 5.40. The number of carboxylic acids is 1. The number of anilines is 1. The number of alkyl halides is 3. The van der Waals surface area contributed by atoms with Crippen molar-refractivity contribution in [2.24, 2.45) is 0 Å². The van der Waals surface area contributed by atoms with E-state index in [0.717, 1.165) is 24.2 Å². The van der Waals surface area contributed by atoms with Gasteiger partial charge in [-0.05, 0) is 35.7 Å². The molecule has 3 N–H and O–H groups in total. The second-order valence-corrected chi connectivity index (χ2v) is 5.02. The van der Waals surface area contributed by atoms with Crippen molar-refractivity contribution in [3.8, 4) is 11.3 Å². The average molecular weight is 340 g/mol. The van der Waals surface area contributed by atoms with E-state index in [1.54, 1.807) is 6.20 Å². The quantitative estimate of drug-likeness (QED) is 0.783. The van der Waals surface area contributed by atoms with Gasteiger partial charge in [0.2, 0.25) is 0 Å². The zero-order valence-corrected chi connectivity index (χ0v) is 12.5. The highest BCUT2D eigenvalue weighted by Gasteiger charge is 2.38. The van der Waals surface area contributed by atoms with Gasteiger partial charge in [-0.2, -0.15) is 13.2 Å². The summed E-state index contributed by atoms with van der Waals surface area (Å²) in [5.74, 6) is -2.76. The van der Waals surface area contributed by atoms with Crippen LogP contribution >= 0.6 is 0 Å². The minimum absolute atomic E-state index is 0.0583. The standard InChI is InChI=1S/C14H14N2O.C2HF3O2/c17-9-10-4-6-16-14(8-10)11-2-1-3-13-12(11)5-7-15-13;3-2(4,5)1(6)7/h1-4,6,8,15,17H,5,7,9H2;(H,6,7). The van der Waals surface area contributed by atoms with E-state index in [2.05, 4.69) is 22.4 Å². The van der Waals surface area contributed by atoms with Gasteiger partial charge in [0.25, 0.3) is 0 Å². The zero-order chi connectivity index (χ0) is 17.7. The number of aromatic nitrogens is 1. The third kappa shape index (κ3) is 4.23. The molecule has 0 radical (unpaired) electrons. The van der Waals surface area contributed by atoms with Crippen molar-refractivity contribution in [1.82, 2.24) is 4.98 Å². The summed E-state index contributed by atoms with van der Waals surface area (Å²) in [6.07, 6.45) is -2.29. The molecule has 0 atom stereocenters. The van der Waals surface area contributed by atoms with E-state index in [4.69, 9.17) is 15.0 Å². The van der Waals surface area contributed by atoms with E-state index in [0.29, 0.717) is 0 Å². The van der Waals surface area contributed by atoms with Gasteiger partial charge >= 0.3 is 12.1 Å². The lowest BCUT2D eigenvalue weighted by Gasteiger charge is -2.08. The molecule has 0 spiro atoms. The number of benzene rings is 1. The van der Waals surface area contributed by atoms with Crippen LogP contribution in [0.25, 0.3) is 11.3 Å². The van der Waals surface area contributed by atoms with E-state index >= 15 is 0 Å². The molecule has 1 aliphatic rings. The van der Waals surface area contributed by atoms with Gasteiger partial charge in [-0.1, -0.05) is 12.1 Å². The highest BCUT2D eigenvalue weighted by molar-refractivity contribution is 5.74. The molecule has 2 heterocycles. The summed E-state index contributed by atoms with van der Waals surface area (Å²) in [4.78, 5) is 13.3. The Bertz CT molecular complexity index is 733. The van der Waals surface area contributed by atoms with Crippen LogP contribution in [0, 0.1) is 0 Å². The lowest BCUT2D eigenvalue weighted by molar-refractivity contribution is -0.192. The maximum absolute atomic E-state index is 10.6. The molecule has 0 unspecified atom stereocenters. The van der Waals surface area contributed by atoms with Crippen LogP contribution in [0.5, 0.6) is 0 Å². The van der Waals surface area contributed by atoms with Crippen LogP contribution in [-0.4, -0.2) is 33.9 Å². The first kappa shape index (κ1) is 17.7. The molecule has 0 amide bonds. The van der Waals surface area contributed by atoms with Gasteiger partial charge in [-0.25, -0.2) is 4.79 Å². The maximum atomic E-state index is 10.6. The van der Waals surface area contributed by atoms with Gasteiger partial charge in [-0.15, -0.1) is 0 Å². The molecule has 128 valence electrons. The predicted octanol–water partition coefficient (Wildman–Crippen LogP) is 2.84. The van der Waals surface area contributed by atoms with E-state index in [1.165, 1.54) is 16.8 Å². The Hall–Kier alpha value is -2.61. The third-order valence-electron chi connectivity index (χ3n) is 3.39. The Balaban J connectivity index is 0.000000256. The third-order valence-corrected chi connectivity index (χ3v) is 3.39. The van der Waals surface area contributed by atoms with E-state index in [9.17, 15) is 13.2 Å². The normalized spacial score (nSPS) is 12.7. The van der Waals surface area contributed by atoms with Crippen molar-refractivity contribution < 1.29 is 28.2 Å². The predicted molar refractivity (Wildman–Crippen MR) is 81.5 cm³/mol. The molecule has 0 fully saturated rings. The Morgan fingerprint density at radius 1 is 1.29 bits per heavy atom. The van der Waals surface area contributed by atoms with Gasteiger partial charge < -0.3 is 15.5 Å². The number of pyridine rings is 1. The number of carboxylic acid groups (broad SMARTS) is 1. The minimum Gasteiger partial charge on any atom is -0.475 e. The van der Waals surface area contributed by atoms with Crippen molar-refractivity contribution in [1.29, 1.82) is 0 Å². The molecule has 0 bridgehead atoms. The summed E-state index contributed by atoms with van der Waals surface area (Å²) in [5.41, 5.74) is 5.55. The fourth-order valence-electron chi connectivity index (χ4n) is 2.30. The van der Waals surface area contributed by atoms with Crippen LogP contribution in [0.3, 0.4) is 0 Å². The van der Waals surface area contributed by atoms with Gasteiger partial charge in [-0.3, -0.25) is 4.98 Å². The van der Waals surface area contributed by atoms with Crippen LogP contribution in [-0.2, 0) is 17.8 Å². The molecular weight excluding hydrogens is 325 g/mol. The number of fused-ring (bicyclic) bond motifs is 1. The Morgan fingerprint density at radius 2 is 2.00 bits per heavy atom. The number of hydrogen-bond donors (Lipinski definition) is 3. The fraction of sp³-hybridized carbons (Fsp3) is 0.250. The molecule has 24 heavy (non-hydrogen) atoms. The molecular formula is C16H15F3N2O3. The van der Waals surface area contributed by atoms with Crippen molar-refractivity contribution in [3.05, 3.63) is 47.7 Å². The van der Waals surface area contributed by atoms with Gasteiger partial charge in [0.05, 0.1) is 12.3 Å². The summed E-state index contributed by atoms with van der Waals surface area (Å²) in [6.45, 7) is 1.05. The first-order chi connectivity index (χ1) is 11.3. The SMILES string of the molecule is O=C(O)C(F)(F)F.OCc1ccnc(-c2cccc3c2CCN3)c1. The number of rotatable bonds is 2. The lowest BCUT2D eigenvalue weighted by Crippen LogP contribution is -2.21. The van der Waals surface area contributed by atoms with Crippen molar-refractivity contribution >= 4 is 11.7 Å². The Morgan fingerprint density at radius 3 is 2.62 bits per heavy atom. The van der Waals surface area contributed by atoms with E-state index in [-0.39, 0.29) is 6.61 Å². The molecule has 3 rings (SSSR count). The zero-order valence-electron chi connectivity index (χ0n) is 12.5. The molecule has 5 nitrogen and oxygen atoms in total. The fourth-order valence-corrected chi connectivity index (χ4v) is 2.30. The summed E-state index contributed by atoms with van der Waals surface area (Å²) >= 11 is 0. The molecule has 8 heteroatoms. The summed E-state index contributed by atoms with van der Waals surface area (Å²) in [7, 11) is 0. The second kappa shape index (κ2) is 7.31. The Labute approximate surface area is 135 Å². The minimum atomic E-state index is -5.08. The van der Waals surface area contributed by atoms with Crippen molar-refractivity contribution in [3.63, 3.8) is 0 Å². The summed E-state index contributed by atoms with van der Waals surface area (Å²) in [5, 5.41) is 19.6. The topological polar surface area (TPSA) is 82.5 Å². The number of nitrogens with one attached hydrogen (secondary N) is 1. The van der Waals surface area contributed by atoms with Crippen LogP contribution in [0.4, 0.5) is 18.9 Å². The molecule has 2 aromatic rings. The maximum Gasteiger partial charge on any atom is 0.490 e. The van der Waals surface area contributed by atoms with E-state index in [1.807, 2.05) is 18.2 Å². The molecule has 0 saturated carbocycles. The van der Waals surface area contributed by atoms with E-state index < -0.39 is 12.1 Å². The number of hydrogen-bond acceptors (Lipinski definition) is 4. The van der Waals surface area contributed by atoms with Crippen LogP contribution in [0.15, 0.2) is 36.5 Å². The van der Waals surface area contributed by atoms with Crippen molar-refractivity contribution in [2.75, 3.05) is 11.9 Å². The number of aliphatic hydroxyl groups is 1. The van der Waals surface area contributed by atoms with Crippen molar-refractivity contribution in [2.45, 2.75) is 19.2 Å². The summed E-state index contributed by atoms with van der Waals surface area (Å²) in [6, 6.07) is 10.0. The van der Waals surface area contributed by atoms with Gasteiger partial charge in [0, 0.05) is 24.0 Å². The largest absolute Gasteiger partial charge is 0.490 e. The number of halogens is 3. The van der Waals surface area contributed by atoms with Crippen LogP contribution in [0.2, 0.25) is 0 Å². The monoisotopic (exact) mass is 340 g/mol. The number of aliphatic carboxylic acids is 1. The molecule has 1 aromatic heterocycles. The van der Waals surface area contributed by atoms with Gasteiger partial charge in [0.15, 0.2) is 0 Å². The summed E-state index contributed by atoms with van der Waals surface area (Å²) < 4.78 is 31.7. The number of carbonyl (C=O) groups is 1. The average Bonchev–Trinajstić information content (AvgIpc) is 3.03.